The van der Waals surface area contributed by atoms with Crippen LogP contribution in [0.1, 0.15) is 0 Å². The van der Waals surface area contributed by atoms with Gasteiger partial charge >= 0.3 is 0 Å². The van der Waals surface area contributed by atoms with E-state index in [9.17, 15) is 9.59 Å². The van der Waals surface area contributed by atoms with E-state index in [1.807, 2.05) is 10.8 Å². The van der Waals surface area contributed by atoms with Gasteiger partial charge in [0.1, 0.15) is 5.52 Å². The predicted molar refractivity (Wildman–Crippen MR) is 138 cm³/mol. The number of hydrogen-bond donors (Lipinski definition) is 0. The van der Waals surface area contributed by atoms with Gasteiger partial charge in [-0.15, -0.1) is 34.0 Å². The Morgan fingerprint density at radius 2 is 1.39 bits per heavy atom. The van der Waals surface area contributed by atoms with Gasteiger partial charge in [0.15, 0.2) is 0 Å². The normalized spacial score (nSPS) is 13.1. The first-order valence-electron chi connectivity index (χ1n) is 9.17. The van der Waals surface area contributed by atoms with Gasteiger partial charge < -0.3 is 0 Å². The van der Waals surface area contributed by atoms with Crippen molar-refractivity contribution in [3.8, 4) is 0 Å². The van der Waals surface area contributed by atoms with Crippen molar-refractivity contribution in [2.75, 3.05) is 0 Å². The average molecular weight is 587 g/mol. The lowest BCUT2D eigenvalue weighted by Crippen LogP contribution is -2.16. The molecule has 0 N–H and O–H groups in total. The highest BCUT2D eigenvalue weighted by atomic mass is 79.9. The van der Waals surface area contributed by atoms with Crippen LogP contribution in [-0.2, 0) is 0 Å². The van der Waals surface area contributed by atoms with Crippen LogP contribution in [0.25, 0.3) is 62.5 Å². The summed E-state index contributed by atoms with van der Waals surface area (Å²) in [6.45, 7) is 0. The molecule has 0 saturated carbocycles. The first kappa shape index (κ1) is 17.4. The van der Waals surface area contributed by atoms with E-state index in [-0.39, 0.29) is 11.1 Å². The Balaban J connectivity index is 1.77. The number of thiophene rings is 3. The molecule has 5 nitrogen and oxygen atoms in total. The summed E-state index contributed by atoms with van der Waals surface area (Å²) in [6.07, 6.45) is 1.57. The third kappa shape index (κ3) is 1.84. The van der Waals surface area contributed by atoms with Crippen LogP contribution >= 0.6 is 65.9 Å². The first-order chi connectivity index (χ1) is 15.0. The zero-order chi connectivity index (χ0) is 20.8. The van der Waals surface area contributed by atoms with Crippen molar-refractivity contribution < 1.29 is 0 Å². The third-order valence-corrected chi connectivity index (χ3v) is 10.9. The lowest BCUT2D eigenvalue weighted by Gasteiger charge is -2.04. The Labute approximate surface area is 199 Å². The number of nitrogens with zero attached hydrogens (tertiary/aromatic N) is 3. The van der Waals surface area contributed by atoms with Gasteiger partial charge in [-0.3, -0.25) is 18.4 Å². The van der Waals surface area contributed by atoms with Crippen LogP contribution < -0.4 is 11.1 Å². The Bertz CT molecular complexity index is 2030. The minimum absolute atomic E-state index is 0.0999. The SMILES string of the molecule is O=c1c2cnc3c(=O)n4c(cc5scc(Br)c54)c4sc(c2c34)c2cc3scc(Br)c3n12. The molecule has 31 heavy (non-hydrogen) atoms. The standard InChI is InChI=1S/C21H5Br2N3O2S3/c22-7-4-29-11-1-9-18-13-6(20(27)25(9)16(7)11)3-24-15-14(13)19(31-18)10-2-12-17(8(23)5-30-12)26(10)21(15)28/h1-5H. The highest BCUT2D eigenvalue weighted by molar-refractivity contribution is 9.11. The van der Waals surface area contributed by atoms with E-state index in [0.29, 0.717) is 10.9 Å². The van der Waals surface area contributed by atoms with Gasteiger partial charge in [0.25, 0.3) is 11.1 Å². The molecule has 8 aromatic rings. The molecule has 0 bridgehead atoms. The maximum absolute atomic E-state index is 13.5. The highest BCUT2D eigenvalue weighted by Gasteiger charge is 2.25. The molecule has 0 unspecified atom stereocenters. The molecular formula is C21H5Br2N3O2S3. The molecule has 0 fully saturated rings. The summed E-state index contributed by atoms with van der Waals surface area (Å²) in [5.41, 5.74) is 3.69. The lowest BCUT2D eigenvalue weighted by atomic mass is 10.1. The van der Waals surface area contributed by atoms with Gasteiger partial charge in [-0.25, -0.2) is 4.98 Å². The minimum atomic E-state index is -0.148. The topological polar surface area (TPSA) is 55.8 Å². The van der Waals surface area contributed by atoms with Crippen molar-refractivity contribution in [3.63, 3.8) is 0 Å². The third-order valence-electron chi connectivity index (χ3n) is 6.00. The van der Waals surface area contributed by atoms with E-state index in [1.165, 1.54) is 0 Å². The van der Waals surface area contributed by atoms with Crippen LogP contribution in [0, 0.1) is 0 Å². The Morgan fingerprint density at radius 3 is 2.03 bits per heavy atom. The maximum atomic E-state index is 13.5. The van der Waals surface area contributed by atoms with Crippen molar-refractivity contribution in [3.05, 3.63) is 58.7 Å². The molecule has 0 aromatic carbocycles. The fourth-order valence-electron chi connectivity index (χ4n) is 4.79. The summed E-state index contributed by atoms with van der Waals surface area (Å²) in [6, 6.07) is 4.15. The van der Waals surface area contributed by atoms with Gasteiger partial charge in [0.2, 0.25) is 0 Å². The minimum Gasteiger partial charge on any atom is -0.273 e. The second-order valence-electron chi connectivity index (χ2n) is 7.46. The average Bonchev–Trinajstić information content (AvgIpc) is 3.53. The molecule has 0 aliphatic heterocycles. The molecule has 8 heterocycles. The van der Waals surface area contributed by atoms with Crippen molar-refractivity contribution in [2.45, 2.75) is 0 Å². The van der Waals surface area contributed by atoms with Crippen molar-refractivity contribution in [1.82, 2.24) is 13.8 Å². The zero-order valence-corrected chi connectivity index (χ0v) is 20.6. The highest BCUT2D eigenvalue weighted by Crippen LogP contribution is 2.45. The fourth-order valence-corrected chi connectivity index (χ4v) is 9.39. The van der Waals surface area contributed by atoms with E-state index in [0.717, 1.165) is 60.6 Å². The second kappa shape index (κ2) is 5.44. The Kier molecular flexibility index (Phi) is 3.06. The lowest BCUT2D eigenvalue weighted by molar-refractivity contribution is 1.18. The molecular weight excluding hydrogens is 582 g/mol. The summed E-state index contributed by atoms with van der Waals surface area (Å²) in [4.78, 5) is 31.6. The number of fused-ring (bicyclic) bond motifs is 8. The van der Waals surface area contributed by atoms with Crippen LogP contribution in [0.2, 0.25) is 0 Å². The van der Waals surface area contributed by atoms with Gasteiger partial charge in [-0.05, 0) is 44.0 Å². The predicted octanol–water partition coefficient (Wildman–Crippen LogP) is 6.66. The van der Waals surface area contributed by atoms with Crippen LogP contribution in [-0.4, -0.2) is 13.8 Å². The molecule has 0 spiro atoms. The summed E-state index contributed by atoms with van der Waals surface area (Å²) in [5.74, 6) is 0. The Hall–Kier alpha value is -2.11. The number of rotatable bonds is 0. The number of aromatic nitrogens is 3. The van der Waals surface area contributed by atoms with E-state index in [1.54, 1.807) is 49.0 Å². The van der Waals surface area contributed by atoms with Gasteiger partial charge in [0.05, 0.1) is 55.2 Å². The van der Waals surface area contributed by atoms with E-state index < -0.39 is 0 Å². The van der Waals surface area contributed by atoms with Crippen molar-refractivity contribution >= 4 is 128 Å². The van der Waals surface area contributed by atoms with Crippen LogP contribution in [0.3, 0.4) is 0 Å². The van der Waals surface area contributed by atoms with Crippen molar-refractivity contribution in [2.24, 2.45) is 0 Å². The summed E-state index contributed by atoms with van der Waals surface area (Å²) < 4.78 is 9.46. The zero-order valence-electron chi connectivity index (χ0n) is 15.0. The monoisotopic (exact) mass is 585 g/mol. The largest absolute Gasteiger partial charge is 0.282 e. The number of hydrogen-bond acceptors (Lipinski definition) is 6. The number of halogens is 2. The first-order valence-corrected chi connectivity index (χ1v) is 13.3. The van der Waals surface area contributed by atoms with E-state index >= 15 is 0 Å². The summed E-state index contributed by atoms with van der Waals surface area (Å²) in [7, 11) is 0. The maximum Gasteiger partial charge on any atom is 0.282 e. The molecule has 10 heteroatoms. The van der Waals surface area contributed by atoms with Crippen LogP contribution in [0.4, 0.5) is 0 Å². The van der Waals surface area contributed by atoms with Gasteiger partial charge in [0, 0.05) is 27.7 Å². The van der Waals surface area contributed by atoms with Gasteiger partial charge in [-0.2, -0.15) is 0 Å². The van der Waals surface area contributed by atoms with Crippen LogP contribution in [0.5, 0.6) is 0 Å². The second-order valence-corrected chi connectivity index (χ2v) is 12.0. The van der Waals surface area contributed by atoms with Crippen LogP contribution in [0.15, 0.2) is 47.6 Å². The molecule has 0 aliphatic carbocycles. The van der Waals surface area contributed by atoms with E-state index in [2.05, 4.69) is 49.0 Å². The fraction of sp³-hybridized carbons (Fsp3) is 0. The smallest absolute Gasteiger partial charge is 0.273 e. The molecule has 148 valence electrons. The molecule has 0 aliphatic rings. The van der Waals surface area contributed by atoms with Gasteiger partial charge in [-0.1, -0.05) is 0 Å². The quantitative estimate of drug-likeness (QED) is 0.187. The number of pyridine rings is 3. The summed E-state index contributed by atoms with van der Waals surface area (Å²) >= 11 is 12.0. The Morgan fingerprint density at radius 1 is 0.806 bits per heavy atom. The molecule has 8 rings (SSSR count). The van der Waals surface area contributed by atoms with E-state index in [4.69, 9.17) is 0 Å². The molecule has 0 saturated heterocycles. The molecule has 0 atom stereocenters. The van der Waals surface area contributed by atoms with Crippen molar-refractivity contribution in [1.29, 1.82) is 0 Å². The molecule has 0 amide bonds. The molecule has 0 radical (unpaired) electrons. The summed E-state index contributed by atoms with van der Waals surface area (Å²) in [5, 5.41) is 6.21. The molecule has 8 aromatic heterocycles.